The molecule has 0 rings (SSSR count). The Morgan fingerprint density at radius 2 is 1.41 bits per heavy atom. The lowest BCUT2D eigenvalue weighted by molar-refractivity contribution is -0.147. The van der Waals surface area contributed by atoms with Gasteiger partial charge >= 0.3 is 13.8 Å². The largest absolute Gasteiger partial charge is 0.472 e. The molecule has 0 aliphatic rings. The Labute approximate surface area is 236 Å². The summed E-state index contributed by atoms with van der Waals surface area (Å²) in [6.45, 7) is 2.93. The minimum absolute atomic E-state index is 0.0654. The number of carbonyl (C=O) groups is 2. The number of carbonyl (C=O) groups excluding carboxylic acids is 2. The Hall–Kier alpha value is -1.51. The third kappa shape index (κ3) is 27.8. The quantitative estimate of drug-likeness (QED) is 0.0436. The van der Waals surface area contributed by atoms with E-state index in [1.54, 1.807) is 6.92 Å². The average Bonchev–Trinajstić information content (AvgIpc) is 2.92. The molecule has 0 spiro atoms. The van der Waals surface area contributed by atoms with E-state index in [0.29, 0.717) is 6.42 Å². The van der Waals surface area contributed by atoms with Gasteiger partial charge in [0.05, 0.1) is 13.2 Å². The molecule has 0 bridgehead atoms. The maximum absolute atomic E-state index is 11.8. The number of aliphatic hydroxyl groups excluding tert-OH is 1. The van der Waals surface area contributed by atoms with Crippen molar-refractivity contribution in [3.05, 3.63) is 24.3 Å². The fourth-order valence-electron chi connectivity index (χ4n) is 3.61. The fraction of sp³-hybridized carbons (Fsp3) is 0.793. The number of esters is 1. The van der Waals surface area contributed by atoms with E-state index in [9.17, 15) is 24.2 Å². The molecule has 0 aliphatic carbocycles. The van der Waals surface area contributed by atoms with Crippen molar-refractivity contribution in [2.45, 2.75) is 123 Å². The molecule has 39 heavy (non-hydrogen) atoms. The molecule has 9 nitrogen and oxygen atoms in total. The van der Waals surface area contributed by atoms with Gasteiger partial charge < -0.3 is 20.1 Å². The zero-order chi connectivity index (χ0) is 29.0. The minimum Gasteiger partial charge on any atom is -0.463 e. The highest BCUT2D eigenvalue weighted by Gasteiger charge is 2.23. The number of unbranched alkanes of at least 4 members (excludes halogenated alkanes) is 11. The van der Waals surface area contributed by atoms with Crippen LogP contribution in [0.2, 0.25) is 0 Å². The SMILES string of the molecule is CCCCCC/C=C\C/C=C\CCCCCCCCCC(=O)OCC(O)COP(=O)(O)OCCNC(=O)CC. The van der Waals surface area contributed by atoms with Crippen LogP contribution in [-0.2, 0) is 27.9 Å². The predicted octanol–water partition coefficient (Wildman–Crippen LogP) is 6.53. The highest BCUT2D eigenvalue weighted by Crippen LogP contribution is 2.42. The first-order valence-electron chi connectivity index (χ1n) is 14.8. The lowest BCUT2D eigenvalue weighted by atomic mass is 10.1. The maximum Gasteiger partial charge on any atom is 0.472 e. The second-order valence-corrected chi connectivity index (χ2v) is 11.1. The van der Waals surface area contributed by atoms with Crippen molar-refractivity contribution < 1.29 is 37.9 Å². The van der Waals surface area contributed by atoms with Gasteiger partial charge in [-0.25, -0.2) is 4.57 Å². The molecule has 228 valence electrons. The lowest BCUT2D eigenvalue weighted by Gasteiger charge is -2.15. The van der Waals surface area contributed by atoms with Gasteiger partial charge in [0.1, 0.15) is 12.7 Å². The Morgan fingerprint density at radius 1 is 0.821 bits per heavy atom. The number of rotatable bonds is 27. The smallest absolute Gasteiger partial charge is 0.463 e. The monoisotopic (exact) mass is 575 g/mol. The number of ether oxygens (including phenoxy) is 1. The summed E-state index contributed by atoms with van der Waals surface area (Å²) in [5, 5.41) is 12.3. The van der Waals surface area contributed by atoms with Crippen LogP contribution in [-0.4, -0.2) is 54.3 Å². The van der Waals surface area contributed by atoms with E-state index in [1.165, 1.54) is 51.4 Å². The van der Waals surface area contributed by atoms with E-state index in [2.05, 4.69) is 41.1 Å². The first-order valence-corrected chi connectivity index (χ1v) is 16.3. The Bertz CT molecular complexity index is 713. The summed E-state index contributed by atoms with van der Waals surface area (Å²) in [5.74, 6) is -0.618. The molecule has 1 amide bonds. The van der Waals surface area contributed by atoms with Crippen molar-refractivity contribution in [3.8, 4) is 0 Å². The van der Waals surface area contributed by atoms with Gasteiger partial charge in [0, 0.05) is 19.4 Å². The summed E-state index contributed by atoms with van der Waals surface area (Å²) in [4.78, 5) is 32.5. The van der Waals surface area contributed by atoms with Gasteiger partial charge in [0.2, 0.25) is 5.91 Å². The number of amides is 1. The summed E-state index contributed by atoms with van der Waals surface area (Å²) in [5.41, 5.74) is 0. The van der Waals surface area contributed by atoms with Crippen LogP contribution in [0.5, 0.6) is 0 Å². The zero-order valence-corrected chi connectivity index (χ0v) is 25.2. The molecule has 0 fully saturated rings. The van der Waals surface area contributed by atoms with E-state index >= 15 is 0 Å². The van der Waals surface area contributed by atoms with Crippen LogP contribution in [0, 0.1) is 0 Å². The first-order chi connectivity index (χ1) is 18.8. The Balaban J connectivity index is 3.57. The number of allylic oxidation sites excluding steroid dienone is 4. The third-order valence-electron chi connectivity index (χ3n) is 5.95. The van der Waals surface area contributed by atoms with E-state index in [0.717, 1.165) is 38.5 Å². The number of phosphoric acid groups is 1. The molecule has 0 saturated heterocycles. The Kier molecular flexibility index (Phi) is 25.7. The van der Waals surface area contributed by atoms with Gasteiger partial charge in [-0.1, -0.05) is 89.5 Å². The third-order valence-corrected chi connectivity index (χ3v) is 6.93. The Morgan fingerprint density at radius 3 is 2.03 bits per heavy atom. The molecule has 2 unspecified atom stereocenters. The predicted molar refractivity (Wildman–Crippen MR) is 155 cm³/mol. The maximum atomic E-state index is 11.8. The van der Waals surface area contributed by atoms with Gasteiger partial charge in [-0.2, -0.15) is 0 Å². The lowest BCUT2D eigenvalue weighted by Crippen LogP contribution is -2.26. The van der Waals surface area contributed by atoms with Crippen LogP contribution in [0.3, 0.4) is 0 Å². The summed E-state index contributed by atoms with van der Waals surface area (Å²) in [6, 6.07) is 0. The van der Waals surface area contributed by atoms with Gasteiger partial charge in [-0.15, -0.1) is 0 Å². The second-order valence-electron chi connectivity index (χ2n) is 9.68. The molecular weight excluding hydrogens is 521 g/mol. The topological polar surface area (TPSA) is 131 Å². The van der Waals surface area contributed by atoms with Crippen LogP contribution in [0.15, 0.2) is 24.3 Å². The van der Waals surface area contributed by atoms with E-state index in [-0.39, 0.29) is 32.1 Å². The van der Waals surface area contributed by atoms with Gasteiger partial charge in [-0.3, -0.25) is 18.6 Å². The normalized spacial score (nSPS) is 14.1. The van der Waals surface area contributed by atoms with Crippen LogP contribution < -0.4 is 5.32 Å². The standard InChI is InChI=1S/C29H54NO8P/c1-3-5-6-7-8-9-10-11-12-13-14-15-16-17-18-19-20-21-22-29(33)36-25-27(31)26-38-39(34,35)37-24-23-30-28(32)4-2/h9-10,12-13,27,31H,3-8,11,14-26H2,1-2H3,(H,30,32)(H,34,35)/b10-9-,13-12-. The van der Waals surface area contributed by atoms with Crippen LogP contribution in [0.25, 0.3) is 0 Å². The first kappa shape index (κ1) is 37.5. The molecule has 0 aromatic rings. The molecule has 0 aromatic heterocycles. The number of nitrogens with one attached hydrogen (secondary N) is 1. The summed E-state index contributed by atoms with van der Waals surface area (Å²) in [6.07, 6.45) is 24.6. The van der Waals surface area contributed by atoms with Gasteiger partial charge in [-0.05, 0) is 38.5 Å². The van der Waals surface area contributed by atoms with Gasteiger partial charge in [0.15, 0.2) is 0 Å². The van der Waals surface area contributed by atoms with Gasteiger partial charge in [0.25, 0.3) is 0 Å². The fourth-order valence-corrected chi connectivity index (χ4v) is 4.37. The molecule has 0 saturated carbocycles. The van der Waals surface area contributed by atoms with Crippen LogP contribution in [0.4, 0.5) is 0 Å². The van der Waals surface area contributed by atoms with E-state index in [4.69, 9.17) is 9.26 Å². The van der Waals surface area contributed by atoms with E-state index < -0.39 is 26.5 Å². The van der Waals surface area contributed by atoms with Crippen molar-refractivity contribution in [1.82, 2.24) is 5.32 Å². The molecule has 0 aromatic carbocycles. The highest BCUT2D eigenvalue weighted by atomic mass is 31.2. The summed E-state index contributed by atoms with van der Waals surface area (Å²) in [7, 11) is -4.37. The molecule has 0 radical (unpaired) electrons. The number of phosphoric ester groups is 1. The molecule has 0 aliphatic heterocycles. The summed E-state index contributed by atoms with van der Waals surface area (Å²) < 4.78 is 26.1. The molecule has 0 heterocycles. The molecular formula is C29H54NO8P. The molecule has 10 heteroatoms. The molecule has 3 N–H and O–H groups in total. The van der Waals surface area contributed by atoms with Crippen molar-refractivity contribution in [3.63, 3.8) is 0 Å². The second kappa shape index (κ2) is 26.7. The summed E-state index contributed by atoms with van der Waals surface area (Å²) >= 11 is 0. The number of hydrogen-bond acceptors (Lipinski definition) is 7. The number of hydrogen-bond donors (Lipinski definition) is 3. The zero-order valence-electron chi connectivity index (χ0n) is 24.3. The van der Waals surface area contributed by atoms with Crippen LogP contribution in [0.1, 0.15) is 117 Å². The highest BCUT2D eigenvalue weighted by molar-refractivity contribution is 7.47. The van der Waals surface area contributed by atoms with Crippen molar-refractivity contribution in [2.24, 2.45) is 0 Å². The molecule has 2 atom stereocenters. The van der Waals surface area contributed by atoms with Crippen LogP contribution >= 0.6 is 7.82 Å². The minimum atomic E-state index is -4.37. The van der Waals surface area contributed by atoms with Crippen molar-refractivity contribution >= 4 is 19.7 Å². The van der Waals surface area contributed by atoms with Crippen molar-refractivity contribution in [1.29, 1.82) is 0 Å². The average molecular weight is 576 g/mol. The van der Waals surface area contributed by atoms with E-state index in [1.807, 2.05) is 0 Å². The van der Waals surface area contributed by atoms with Crippen molar-refractivity contribution in [2.75, 3.05) is 26.4 Å². The number of aliphatic hydroxyl groups is 1.